The molecule has 0 radical (unpaired) electrons. The zero-order valence-electron chi connectivity index (χ0n) is 11.2. The third-order valence-electron chi connectivity index (χ3n) is 5.48. The van der Waals surface area contributed by atoms with E-state index in [1.165, 1.54) is 5.57 Å². The highest BCUT2D eigenvalue weighted by Gasteiger charge is 2.57. The first-order chi connectivity index (χ1) is 8.42. The van der Waals surface area contributed by atoms with Crippen LogP contribution in [0, 0.1) is 23.7 Å². The standard InChI is InChI=1S/C15H22O3/c1-8-4-5-11-9(2)14(16)18-13(11)12-10(8)6-7-15(12,3)17/h9-13,17H,1,4-7H2,2-3H3/t9-,10-,11-,12-,13-,15+/m0/s1. The highest BCUT2D eigenvalue weighted by Crippen LogP contribution is 2.54. The van der Waals surface area contributed by atoms with E-state index >= 15 is 0 Å². The molecule has 3 nitrogen and oxygen atoms in total. The van der Waals surface area contributed by atoms with E-state index in [0.29, 0.717) is 5.92 Å². The third-order valence-corrected chi connectivity index (χ3v) is 5.48. The van der Waals surface area contributed by atoms with Gasteiger partial charge in [0.05, 0.1) is 11.5 Å². The van der Waals surface area contributed by atoms with Gasteiger partial charge in [0, 0.05) is 11.8 Å². The van der Waals surface area contributed by atoms with Crippen molar-refractivity contribution in [3.05, 3.63) is 12.2 Å². The Bertz CT molecular complexity index is 399. The minimum absolute atomic E-state index is 0.0297. The minimum Gasteiger partial charge on any atom is -0.461 e. The highest BCUT2D eigenvalue weighted by atomic mass is 16.6. The summed E-state index contributed by atoms with van der Waals surface area (Å²) in [4.78, 5) is 11.8. The van der Waals surface area contributed by atoms with E-state index in [4.69, 9.17) is 4.74 Å². The molecule has 0 aromatic carbocycles. The summed E-state index contributed by atoms with van der Waals surface area (Å²) < 4.78 is 5.62. The number of allylic oxidation sites excluding steroid dienone is 1. The van der Waals surface area contributed by atoms with E-state index in [1.54, 1.807) is 0 Å². The first-order valence-corrected chi connectivity index (χ1v) is 7.02. The Balaban J connectivity index is 1.99. The van der Waals surface area contributed by atoms with E-state index in [0.717, 1.165) is 25.7 Å². The van der Waals surface area contributed by atoms with Gasteiger partial charge in [-0.25, -0.2) is 0 Å². The molecule has 0 unspecified atom stereocenters. The molecule has 1 aliphatic heterocycles. The Kier molecular flexibility index (Phi) is 2.60. The van der Waals surface area contributed by atoms with Crippen molar-refractivity contribution in [3.63, 3.8) is 0 Å². The molecule has 3 rings (SSSR count). The second kappa shape index (κ2) is 3.83. The maximum absolute atomic E-state index is 11.8. The van der Waals surface area contributed by atoms with E-state index in [-0.39, 0.29) is 29.8 Å². The second-order valence-electron chi connectivity index (χ2n) is 6.58. The summed E-state index contributed by atoms with van der Waals surface area (Å²) in [5.41, 5.74) is 0.529. The Morgan fingerprint density at radius 2 is 2.17 bits per heavy atom. The normalized spacial score (nSPS) is 51.6. The molecule has 1 saturated heterocycles. The van der Waals surface area contributed by atoms with E-state index < -0.39 is 5.60 Å². The molecule has 18 heavy (non-hydrogen) atoms. The molecule has 6 atom stereocenters. The quantitative estimate of drug-likeness (QED) is 0.530. The summed E-state index contributed by atoms with van der Waals surface area (Å²) in [7, 11) is 0. The molecule has 2 aliphatic carbocycles. The average Bonchev–Trinajstić information content (AvgIpc) is 2.69. The Morgan fingerprint density at radius 1 is 1.44 bits per heavy atom. The first-order valence-electron chi connectivity index (χ1n) is 7.02. The summed E-state index contributed by atoms with van der Waals surface area (Å²) in [5.74, 6) is 0.519. The van der Waals surface area contributed by atoms with Gasteiger partial charge in [0.25, 0.3) is 0 Å². The Hall–Kier alpha value is -0.830. The summed E-state index contributed by atoms with van der Waals surface area (Å²) in [6.45, 7) is 8.05. The van der Waals surface area contributed by atoms with Gasteiger partial charge in [0.15, 0.2) is 0 Å². The van der Waals surface area contributed by atoms with Crippen LogP contribution >= 0.6 is 0 Å². The van der Waals surface area contributed by atoms with Crippen molar-refractivity contribution in [2.75, 3.05) is 0 Å². The molecule has 0 amide bonds. The predicted molar refractivity (Wildman–Crippen MR) is 67.7 cm³/mol. The molecule has 0 spiro atoms. The summed E-state index contributed by atoms with van der Waals surface area (Å²) in [6.07, 6.45) is 3.61. The lowest BCUT2D eigenvalue weighted by atomic mass is 9.76. The topological polar surface area (TPSA) is 46.5 Å². The number of carbonyl (C=O) groups excluding carboxylic acids is 1. The predicted octanol–water partition coefficient (Wildman–Crippen LogP) is 2.29. The van der Waals surface area contributed by atoms with Crippen LogP contribution in [0.15, 0.2) is 12.2 Å². The van der Waals surface area contributed by atoms with Gasteiger partial charge in [-0.05, 0) is 38.5 Å². The number of hydrogen-bond donors (Lipinski definition) is 1. The molecule has 3 aliphatic rings. The summed E-state index contributed by atoms with van der Waals surface area (Å²) >= 11 is 0. The summed E-state index contributed by atoms with van der Waals surface area (Å²) in [6, 6.07) is 0. The molecular formula is C15H22O3. The molecular weight excluding hydrogens is 228 g/mol. The molecule has 100 valence electrons. The van der Waals surface area contributed by atoms with Crippen LogP contribution in [0.5, 0.6) is 0 Å². The fraction of sp³-hybridized carbons (Fsp3) is 0.800. The fourth-order valence-electron chi connectivity index (χ4n) is 4.35. The van der Waals surface area contributed by atoms with Crippen molar-refractivity contribution >= 4 is 5.97 Å². The number of hydrogen-bond acceptors (Lipinski definition) is 3. The van der Waals surface area contributed by atoms with Gasteiger partial charge in [-0.3, -0.25) is 4.79 Å². The zero-order chi connectivity index (χ0) is 13.1. The fourth-order valence-corrected chi connectivity index (χ4v) is 4.35. The van der Waals surface area contributed by atoms with Crippen molar-refractivity contribution in [1.82, 2.24) is 0 Å². The number of rotatable bonds is 0. The lowest BCUT2D eigenvalue weighted by Crippen LogP contribution is -2.42. The van der Waals surface area contributed by atoms with Crippen LogP contribution in [0.25, 0.3) is 0 Å². The van der Waals surface area contributed by atoms with Crippen LogP contribution in [-0.4, -0.2) is 22.8 Å². The first kappa shape index (κ1) is 12.2. The third kappa shape index (κ3) is 1.56. The van der Waals surface area contributed by atoms with Crippen molar-refractivity contribution in [2.24, 2.45) is 23.7 Å². The molecule has 3 fully saturated rings. The van der Waals surface area contributed by atoms with E-state index in [1.807, 2.05) is 13.8 Å². The van der Waals surface area contributed by atoms with Crippen LogP contribution in [0.3, 0.4) is 0 Å². The van der Waals surface area contributed by atoms with Crippen molar-refractivity contribution in [3.8, 4) is 0 Å². The summed E-state index contributed by atoms with van der Waals surface area (Å²) in [5, 5.41) is 10.6. The van der Waals surface area contributed by atoms with Gasteiger partial charge in [0.1, 0.15) is 6.10 Å². The highest BCUT2D eigenvalue weighted by molar-refractivity contribution is 5.75. The maximum Gasteiger partial charge on any atom is 0.309 e. The van der Waals surface area contributed by atoms with Gasteiger partial charge < -0.3 is 9.84 Å². The maximum atomic E-state index is 11.8. The molecule has 0 aromatic heterocycles. The molecule has 0 aromatic rings. The minimum atomic E-state index is -0.717. The van der Waals surface area contributed by atoms with E-state index in [9.17, 15) is 9.90 Å². The number of ether oxygens (including phenoxy) is 1. The van der Waals surface area contributed by atoms with E-state index in [2.05, 4.69) is 6.58 Å². The smallest absolute Gasteiger partial charge is 0.309 e. The molecule has 0 bridgehead atoms. The zero-order valence-corrected chi connectivity index (χ0v) is 11.2. The van der Waals surface area contributed by atoms with Gasteiger partial charge in [0.2, 0.25) is 0 Å². The van der Waals surface area contributed by atoms with Crippen LogP contribution in [0.2, 0.25) is 0 Å². The monoisotopic (exact) mass is 250 g/mol. The average molecular weight is 250 g/mol. The lowest BCUT2D eigenvalue weighted by Gasteiger charge is -2.34. The molecule has 2 saturated carbocycles. The van der Waals surface area contributed by atoms with Gasteiger partial charge in [-0.1, -0.05) is 19.1 Å². The molecule has 1 heterocycles. The van der Waals surface area contributed by atoms with Crippen LogP contribution in [0.1, 0.15) is 39.5 Å². The van der Waals surface area contributed by atoms with Gasteiger partial charge in [-0.2, -0.15) is 0 Å². The van der Waals surface area contributed by atoms with Crippen molar-refractivity contribution < 1.29 is 14.6 Å². The Morgan fingerprint density at radius 3 is 2.89 bits per heavy atom. The molecule has 1 N–H and O–H groups in total. The molecule has 3 heteroatoms. The van der Waals surface area contributed by atoms with Crippen molar-refractivity contribution in [2.45, 2.75) is 51.2 Å². The SMILES string of the molecule is C=C1CC[C@@H]2[C@H](OC(=O)[C@H]2C)[C@@H]2[C@H]1CC[C@@]2(C)O. The van der Waals surface area contributed by atoms with Crippen LogP contribution < -0.4 is 0 Å². The lowest BCUT2D eigenvalue weighted by molar-refractivity contribution is -0.149. The van der Waals surface area contributed by atoms with Crippen LogP contribution in [-0.2, 0) is 9.53 Å². The van der Waals surface area contributed by atoms with Crippen LogP contribution in [0.4, 0.5) is 0 Å². The van der Waals surface area contributed by atoms with Crippen molar-refractivity contribution in [1.29, 1.82) is 0 Å². The number of esters is 1. The second-order valence-corrected chi connectivity index (χ2v) is 6.58. The number of aliphatic hydroxyl groups is 1. The number of carbonyl (C=O) groups is 1. The van der Waals surface area contributed by atoms with Gasteiger partial charge >= 0.3 is 5.97 Å². The Labute approximate surface area is 108 Å². The van der Waals surface area contributed by atoms with Gasteiger partial charge in [-0.15, -0.1) is 0 Å². The largest absolute Gasteiger partial charge is 0.461 e. The number of fused-ring (bicyclic) bond motifs is 3.